The maximum absolute atomic E-state index is 12.3. The van der Waals surface area contributed by atoms with E-state index in [2.05, 4.69) is 10.1 Å². The van der Waals surface area contributed by atoms with Crippen molar-refractivity contribution in [3.63, 3.8) is 0 Å². The van der Waals surface area contributed by atoms with Crippen LogP contribution in [-0.2, 0) is 25.6 Å². The fraction of sp³-hybridized carbons (Fsp3) is 0.696. The predicted octanol–water partition coefficient (Wildman–Crippen LogP) is 3.12. The molecule has 0 atom stereocenters. The number of hydrogen-bond acceptors (Lipinski definition) is 7. The van der Waals surface area contributed by atoms with E-state index in [0.717, 1.165) is 44.9 Å². The zero-order valence-corrected chi connectivity index (χ0v) is 19.5. The second-order valence-electron chi connectivity index (χ2n) is 8.71. The number of urea groups is 1. The van der Waals surface area contributed by atoms with Gasteiger partial charge in [0.2, 0.25) is 0 Å². The number of nitrogens with two attached hydrogens (primary N) is 1. The summed E-state index contributed by atoms with van der Waals surface area (Å²) in [5.41, 5.74) is 4.28. The Hall–Kier alpha value is -2.55. The van der Waals surface area contributed by atoms with Gasteiger partial charge in [-0.25, -0.2) is 9.59 Å². The molecule has 0 unspecified atom stereocenters. The fourth-order valence-electron chi connectivity index (χ4n) is 4.33. The van der Waals surface area contributed by atoms with E-state index < -0.39 is 11.1 Å². The zero-order valence-electron chi connectivity index (χ0n) is 19.5. The van der Waals surface area contributed by atoms with Crippen LogP contribution in [0.5, 0.6) is 0 Å². The molecule has 0 saturated heterocycles. The minimum absolute atomic E-state index is 0.253. The van der Waals surface area contributed by atoms with Crippen molar-refractivity contribution in [2.45, 2.75) is 81.8 Å². The molecule has 180 valence electrons. The molecule has 0 aromatic carbocycles. The molecule has 2 amide bonds. The lowest BCUT2D eigenvalue weighted by atomic mass is 9.81. The first-order valence-corrected chi connectivity index (χ1v) is 11.3. The Morgan fingerprint density at radius 1 is 1.00 bits per heavy atom. The lowest BCUT2D eigenvalue weighted by Gasteiger charge is -2.36. The lowest BCUT2D eigenvalue weighted by Crippen LogP contribution is -2.58. The van der Waals surface area contributed by atoms with Crippen LogP contribution in [0.15, 0.2) is 22.8 Å². The largest absolute Gasteiger partial charge is 0.468 e. The maximum Gasteiger partial charge on any atom is 0.331 e. The van der Waals surface area contributed by atoms with Gasteiger partial charge in [-0.15, -0.1) is 0 Å². The Kier molecular flexibility index (Phi) is 9.56. The quantitative estimate of drug-likeness (QED) is 0.659. The lowest BCUT2D eigenvalue weighted by molar-refractivity contribution is -0.150. The monoisotopic (exact) mass is 451 g/mol. The molecular formula is C23H37N3O6. The molecule has 0 aliphatic heterocycles. The minimum Gasteiger partial charge on any atom is -0.468 e. The van der Waals surface area contributed by atoms with Gasteiger partial charge in [-0.05, 0) is 37.8 Å². The van der Waals surface area contributed by atoms with E-state index in [0.29, 0.717) is 25.1 Å². The normalized spacial score (nSPS) is 19.0. The van der Waals surface area contributed by atoms with Crippen molar-refractivity contribution in [3.05, 3.63) is 24.2 Å². The molecule has 9 nitrogen and oxygen atoms in total. The maximum atomic E-state index is 12.3. The van der Waals surface area contributed by atoms with Crippen molar-refractivity contribution in [3.8, 4) is 0 Å². The van der Waals surface area contributed by atoms with Gasteiger partial charge in [0.1, 0.15) is 16.8 Å². The number of esters is 2. The summed E-state index contributed by atoms with van der Waals surface area (Å²) < 4.78 is 14.7. The SMILES string of the molecule is COC(=O)C1(N)CCCCC1.COC(=O)C1(NC(=O)N(C)Cc2ccco2)CCCCC1. The highest BCUT2D eigenvalue weighted by molar-refractivity contribution is 5.87. The molecule has 0 radical (unpaired) electrons. The molecule has 1 heterocycles. The standard InChI is InChI=1S/C15H22N2O4.C8H15NO2/c1-17(11-12-7-6-10-21-12)14(19)16-15(13(18)20-2)8-4-3-5-9-15;1-11-7(10)8(9)5-3-2-4-6-8/h6-7,10H,3-5,8-9,11H2,1-2H3,(H,16,19);2-6,9H2,1H3. The highest BCUT2D eigenvalue weighted by Gasteiger charge is 2.42. The van der Waals surface area contributed by atoms with Gasteiger partial charge >= 0.3 is 18.0 Å². The van der Waals surface area contributed by atoms with Gasteiger partial charge in [-0.3, -0.25) is 4.79 Å². The molecule has 2 fully saturated rings. The summed E-state index contributed by atoms with van der Waals surface area (Å²) in [6, 6.07) is 3.29. The number of amides is 2. The van der Waals surface area contributed by atoms with Crippen molar-refractivity contribution in [2.75, 3.05) is 21.3 Å². The van der Waals surface area contributed by atoms with Gasteiger partial charge in [0.25, 0.3) is 0 Å². The Morgan fingerprint density at radius 3 is 2.06 bits per heavy atom. The van der Waals surface area contributed by atoms with E-state index in [1.54, 1.807) is 25.4 Å². The van der Waals surface area contributed by atoms with Crippen LogP contribution < -0.4 is 11.1 Å². The minimum atomic E-state index is -0.887. The number of methoxy groups -OCH3 is 2. The van der Waals surface area contributed by atoms with Crippen molar-refractivity contribution < 1.29 is 28.3 Å². The Morgan fingerprint density at radius 2 is 1.56 bits per heavy atom. The van der Waals surface area contributed by atoms with Crippen LogP contribution in [0.25, 0.3) is 0 Å². The summed E-state index contributed by atoms with van der Waals surface area (Å²) in [6.07, 6.45) is 10.6. The summed E-state index contributed by atoms with van der Waals surface area (Å²) in [4.78, 5) is 37.1. The third-order valence-corrected chi connectivity index (χ3v) is 6.29. The summed E-state index contributed by atoms with van der Waals surface area (Å²) >= 11 is 0. The van der Waals surface area contributed by atoms with Gasteiger partial charge < -0.3 is 29.8 Å². The first kappa shape index (κ1) is 25.7. The van der Waals surface area contributed by atoms with Gasteiger partial charge in [-0.2, -0.15) is 0 Å². The number of furan rings is 1. The van der Waals surface area contributed by atoms with E-state index in [9.17, 15) is 14.4 Å². The average Bonchev–Trinajstić information content (AvgIpc) is 3.32. The van der Waals surface area contributed by atoms with Crippen LogP contribution in [-0.4, -0.2) is 55.2 Å². The highest BCUT2D eigenvalue weighted by Crippen LogP contribution is 2.30. The third-order valence-electron chi connectivity index (χ3n) is 6.29. The van der Waals surface area contributed by atoms with Gasteiger partial charge in [-0.1, -0.05) is 38.5 Å². The Labute approximate surface area is 190 Å². The molecule has 1 aromatic rings. The van der Waals surface area contributed by atoms with Crippen molar-refractivity contribution >= 4 is 18.0 Å². The molecule has 3 rings (SSSR count). The van der Waals surface area contributed by atoms with E-state index >= 15 is 0 Å². The van der Waals surface area contributed by atoms with E-state index in [4.69, 9.17) is 14.9 Å². The number of rotatable bonds is 5. The molecule has 32 heavy (non-hydrogen) atoms. The molecule has 0 bridgehead atoms. The average molecular weight is 452 g/mol. The summed E-state index contributed by atoms with van der Waals surface area (Å²) in [5, 5.41) is 2.87. The molecule has 2 aliphatic carbocycles. The number of carbonyl (C=O) groups excluding carboxylic acids is 3. The fourth-order valence-corrected chi connectivity index (χ4v) is 4.33. The third kappa shape index (κ3) is 6.72. The van der Waals surface area contributed by atoms with Crippen LogP contribution >= 0.6 is 0 Å². The van der Waals surface area contributed by atoms with Gasteiger partial charge in [0.15, 0.2) is 0 Å². The molecule has 2 saturated carbocycles. The molecular weight excluding hydrogens is 414 g/mol. The van der Waals surface area contributed by atoms with Crippen molar-refractivity contribution in [1.82, 2.24) is 10.2 Å². The van der Waals surface area contributed by atoms with Crippen LogP contribution in [0.4, 0.5) is 4.79 Å². The molecule has 1 aromatic heterocycles. The van der Waals surface area contributed by atoms with Crippen LogP contribution in [0.3, 0.4) is 0 Å². The van der Waals surface area contributed by atoms with E-state index in [-0.39, 0.29) is 18.0 Å². The zero-order chi connectivity index (χ0) is 23.6. The van der Waals surface area contributed by atoms with Gasteiger partial charge in [0.05, 0.1) is 27.0 Å². The number of hydrogen-bond donors (Lipinski definition) is 2. The number of nitrogens with zero attached hydrogens (tertiary/aromatic N) is 1. The van der Waals surface area contributed by atoms with Crippen LogP contribution in [0.1, 0.15) is 70.0 Å². The molecule has 2 aliphatic rings. The first-order valence-electron chi connectivity index (χ1n) is 11.3. The number of carbonyl (C=O) groups is 3. The predicted molar refractivity (Wildman–Crippen MR) is 119 cm³/mol. The van der Waals surface area contributed by atoms with Gasteiger partial charge in [0, 0.05) is 7.05 Å². The van der Waals surface area contributed by atoms with E-state index in [1.807, 2.05) is 0 Å². The van der Waals surface area contributed by atoms with Crippen molar-refractivity contribution in [2.24, 2.45) is 5.73 Å². The highest BCUT2D eigenvalue weighted by atomic mass is 16.5. The number of nitrogens with one attached hydrogen (secondary N) is 1. The first-order chi connectivity index (χ1) is 15.3. The summed E-state index contributed by atoms with van der Waals surface area (Å²) in [7, 11) is 4.43. The molecule has 3 N–H and O–H groups in total. The summed E-state index contributed by atoms with van der Waals surface area (Å²) in [5.74, 6) is 0.0857. The number of ether oxygens (including phenoxy) is 2. The smallest absolute Gasteiger partial charge is 0.331 e. The Balaban J connectivity index is 0.000000278. The molecule has 0 spiro atoms. The van der Waals surface area contributed by atoms with Crippen molar-refractivity contribution in [1.29, 1.82) is 0 Å². The molecule has 9 heteroatoms. The van der Waals surface area contributed by atoms with Crippen LogP contribution in [0, 0.1) is 0 Å². The van der Waals surface area contributed by atoms with Crippen LogP contribution in [0.2, 0.25) is 0 Å². The second kappa shape index (κ2) is 11.9. The summed E-state index contributed by atoms with van der Waals surface area (Å²) in [6.45, 7) is 0.357. The topological polar surface area (TPSA) is 124 Å². The Bertz CT molecular complexity index is 737. The second-order valence-corrected chi connectivity index (χ2v) is 8.71. The van der Waals surface area contributed by atoms with E-state index in [1.165, 1.54) is 25.5 Å².